The molecule has 0 aliphatic carbocycles. The van der Waals surface area contributed by atoms with Crippen LogP contribution in [0.2, 0.25) is 0 Å². The number of rotatable bonds is 6. The molecule has 0 spiro atoms. The first-order valence-corrected chi connectivity index (χ1v) is 7.00. The molecule has 2 aromatic rings. The number of aromatic nitrogens is 1. The summed E-state index contributed by atoms with van der Waals surface area (Å²) in [6.45, 7) is 0.798. The zero-order valence-electron chi connectivity index (χ0n) is 10.4. The molecule has 0 atom stereocenters. The van der Waals surface area contributed by atoms with Crippen molar-refractivity contribution in [3.8, 4) is 0 Å². The first kappa shape index (κ1) is 13.2. The van der Waals surface area contributed by atoms with E-state index in [0.29, 0.717) is 0 Å². The number of hydrogen-bond acceptors (Lipinski definition) is 1. The molecule has 1 heterocycles. The van der Waals surface area contributed by atoms with Crippen LogP contribution in [0.5, 0.6) is 0 Å². The lowest BCUT2D eigenvalue weighted by Gasteiger charge is -2.06. The third kappa shape index (κ3) is 3.14. The van der Waals surface area contributed by atoms with Crippen LogP contribution in [0.4, 0.5) is 0 Å². The lowest BCUT2D eigenvalue weighted by molar-refractivity contribution is 0.574. The van der Waals surface area contributed by atoms with Gasteiger partial charge in [0.2, 0.25) is 0 Å². The van der Waals surface area contributed by atoms with E-state index in [2.05, 4.69) is 0 Å². The van der Waals surface area contributed by atoms with Gasteiger partial charge in [-0.05, 0) is 30.4 Å². The van der Waals surface area contributed by atoms with Crippen molar-refractivity contribution in [2.45, 2.75) is 32.2 Å². The van der Waals surface area contributed by atoms with E-state index in [-0.39, 0.29) is 5.56 Å². The van der Waals surface area contributed by atoms with E-state index in [1.807, 2.05) is 41.1 Å². The van der Waals surface area contributed by atoms with Crippen LogP contribution in [0, 0.1) is 0 Å². The lowest BCUT2D eigenvalue weighted by Crippen LogP contribution is -2.19. The first-order valence-electron chi connectivity index (χ1n) is 6.47. The highest BCUT2D eigenvalue weighted by Gasteiger charge is 2.01. The van der Waals surface area contributed by atoms with Crippen molar-refractivity contribution in [3.63, 3.8) is 0 Å². The third-order valence-corrected chi connectivity index (χ3v) is 3.44. The summed E-state index contributed by atoms with van der Waals surface area (Å²) in [6.07, 6.45) is 6.27. The number of benzene rings is 1. The monoisotopic (exact) mass is 263 g/mol. The van der Waals surface area contributed by atoms with Crippen molar-refractivity contribution >= 4 is 22.4 Å². The fourth-order valence-electron chi connectivity index (χ4n) is 2.14. The van der Waals surface area contributed by atoms with Crippen LogP contribution in [-0.4, -0.2) is 10.4 Å². The van der Waals surface area contributed by atoms with Gasteiger partial charge in [0.25, 0.3) is 5.56 Å². The molecule has 0 fully saturated rings. The van der Waals surface area contributed by atoms with Gasteiger partial charge < -0.3 is 4.57 Å². The van der Waals surface area contributed by atoms with Gasteiger partial charge in [0.1, 0.15) is 0 Å². The number of alkyl halides is 1. The Morgan fingerprint density at radius 3 is 2.61 bits per heavy atom. The Kier molecular flexibility index (Phi) is 4.82. The molecule has 0 saturated carbocycles. The predicted molar refractivity (Wildman–Crippen MR) is 77.4 cm³/mol. The number of halogens is 1. The Balaban J connectivity index is 2.05. The Labute approximate surface area is 112 Å². The number of hydrogen-bond donors (Lipinski definition) is 0. The summed E-state index contributed by atoms with van der Waals surface area (Å²) >= 11 is 5.63. The molecule has 3 heteroatoms. The normalized spacial score (nSPS) is 10.9. The molecule has 0 saturated heterocycles. The molecule has 0 aliphatic rings. The highest BCUT2D eigenvalue weighted by Crippen LogP contribution is 2.09. The Morgan fingerprint density at radius 1 is 1.00 bits per heavy atom. The summed E-state index contributed by atoms with van der Waals surface area (Å²) in [5, 5.41) is 1.82. The number of unbranched alkanes of at least 4 members (excludes halogenated alkanes) is 3. The molecule has 2 nitrogen and oxygen atoms in total. The van der Waals surface area contributed by atoms with Gasteiger partial charge in [-0.1, -0.05) is 31.0 Å². The van der Waals surface area contributed by atoms with Crippen molar-refractivity contribution in [3.05, 3.63) is 46.9 Å². The van der Waals surface area contributed by atoms with E-state index in [0.717, 1.165) is 48.9 Å². The fraction of sp³-hybridized carbons (Fsp3) is 0.400. The minimum absolute atomic E-state index is 0.116. The van der Waals surface area contributed by atoms with Gasteiger partial charge in [0, 0.05) is 24.0 Å². The van der Waals surface area contributed by atoms with Crippen LogP contribution in [0.25, 0.3) is 10.8 Å². The van der Waals surface area contributed by atoms with E-state index < -0.39 is 0 Å². The maximum atomic E-state index is 12.2. The summed E-state index contributed by atoms with van der Waals surface area (Å²) in [6, 6.07) is 9.74. The van der Waals surface area contributed by atoms with Gasteiger partial charge in [-0.15, -0.1) is 11.6 Å². The maximum Gasteiger partial charge on any atom is 0.258 e. The lowest BCUT2D eigenvalue weighted by atomic mass is 10.1. The number of pyridine rings is 1. The molecule has 0 N–H and O–H groups in total. The van der Waals surface area contributed by atoms with Gasteiger partial charge in [-0.2, -0.15) is 0 Å². The molecule has 2 rings (SSSR count). The van der Waals surface area contributed by atoms with Gasteiger partial charge >= 0.3 is 0 Å². The number of aryl methyl sites for hydroxylation is 1. The molecule has 1 aromatic carbocycles. The SMILES string of the molecule is O=c1c2ccccc2ccn1CCCCCCCl. The van der Waals surface area contributed by atoms with E-state index in [1.165, 1.54) is 0 Å². The van der Waals surface area contributed by atoms with E-state index >= 15 is 0 Å². The first-order chi connectivity index (χ1) is 8.83. The minimum Gasteiger partial charge on any atom is -0.315 e. The van der Waals surface area contributed by atoms with E-state index in [9.17, 15) is 4.79 Å². The molecule has 18 heavy (non-hydrogen) atoms. The molecule has 0 bridgehead atoms. The third-order valence-electron chi connectivity index (χ3n) is 3.17. The fourth-order valence-corrected chi connectivity index (χ4v) is 2.33. The molecule has 0 radical (unpaired) electrons. The van der Waals surface area contributed by atoms with Gasteiger partial charge in [0.15, 0.2) is 0 Å². The number of fused-ring (bicyclic) bond motifs is 1. The van der Waals surface area contributed by atoms with Gasteiger partial charge in [-0.25, -0.2) is 0 Å². The summed E-state index contributed by atoms with van der Waals surface area (Å²) in [5.74, 6) is 0.732. The largest absolute Gasteiger partial charge is 0.315 e. The molecule has 96 valence electrons. The minimum atomic E-state index is 0.116. The zero-order chi connectivity index (χ0) is 12.8. The molecule has 0 unspecified atom stereocenters. The van der Waals surface area contributed by atoms with Crippen molar-refractivity contribution in [1.82, 2.24) is 4.57 Å². The topological polar surface area (TPSA) is 22.0 Å². The maximum absolute atomic E-state index is 12.2. The Morgan fingerprint density at radius 2 is 1.78 bits per heavy atom. The summed E-state index contributed by atoms with van der Waals surface area (Å²) < 4.78 is 1.81. The molecule has 1 aromatic heterocycles. The van der Waals surface area contributed by atoms with Crippen LogP contribution >= 0.6 is 11.6 Å². The van der Waals surface area contributed by atoms with Crippen molar-refractivity contribution in [2.24, 2.45) is 0 Å². The second-order valence-electron chi connectivity index (χ2n) is 4.50. The van der Waals surface area contributed by atoms with Crippen molar-refractivity contribution in [1.29, 1.82) is 0 Å². The van der Waals surface area contributed by atoms with Crippen molar-refractivity contribution in [2.75, 3.05) is 5.88 Å². The Hall–Kier alpha value is -1.28. The van der Waals surface area contributed by atoms with Crippen LogP contribution in [0.3, 0.4) is 0 Å². The van der Waals surface area contributed by atoms with Gasteiger partial charge in [-0.3, -0.25) is 4.79 Å². The molecular weight excluding hydrogens is 246 g/mol. The summed E-state index contributed by atoms with van der Waals surface area (Å²) in [5.41, 5.74) is 0.116. The second kappa shape index (κ2) is 6.60. The van der Waals surface area contributed by atoms with E-state index in [1.54, 1.807) is 0 Å². The zero-order valence-corrected chi connectivity index (χ0v) is 11.2. The number of nitrogens with zero attached hydrogens (tertiary/aromatic N) is 1. The van der Waals surface area contributed by atoms with Crippen LogP contribution in [0.15, 0.2) is 41.3 Å². The smallest absolute Gasteiger partial charge is 0.258 e. The highest BCUT2D eigenvalue weighted by atomic mass is 35.5. The molecule has 0 amide bonds. The molecular formula is C15H18ClNO. The quantitative estimate of drug-likeness (QED) is 0.574. The standard InChI is InChI=1S/C15H18ClNO/c16-10-5-1-2-6-11-17-12-9-13-7-3-4-8-14(13)15(17)18/h3-4,7-9,12H,1-2,5-6,10-11H2. The Bertz CT molecular complexity index is 562. The highest BCUT2D eigenvalue weighted by molar-refractivity contribution is 6.17. The van der Waals surface area contributed by atoms with Crippen LogP contribution in [-0.2, 0) is 6.54 Å². The average molecular weight is 264 g/mol. The predicted octanol–water partition coefficient (Wildman–Crippen LogP) is 3.80. The second-order valence-corrected chi connectivity index (χ2v) is 4.88. The van der Waals surface area contributed by atoms with E-state index in [4.69, 9.17) is 11.6 Å². The molecule has 0 aliphatic heterocycles. The summed E-state index contributed by atoms with van der Waals surface area (Å²) in [4.78, 5) is 12.2. The summed E-state index contributed by atoms with van der Waals surface area (Å²) in [7, 11) is 0. The van der Waals surface area contributed by atoms with Crippen LogP contribution in [0.1, 0.15) is 25.7 Å². The van der Waals surface area contributed by atoms with Crippen molar-refractivity contribution < 1.29 is 0 Å². The van der Waals surface area contributed by atoms with Gasteiger partial charge in [0.05, 0.1) is 0 Å². The van der Waals surface area contributed by atoms with Crippen LogP contribution < -0.4 is 5.56 Å². The average Bonchev–Trinajstić information content (AvgIpc) is 2.41.